The molecule has 2 N–H and O–H groups in total. The van der Waals surface area contributed by atoms with Gasteiger partial charge in [-0.1, -0.05) is 18.5 Å². The van der Waals surface area contributed by atoms with E-state index in [1.54, 1.807) is 13.8 Å². The van der Waals surface area contributed by atoms with Crippen molar-refractivity contribution < 1.29 is 18.0 Å². The third-order valence-corrected chi connectivity index (χ3v) is 2.89. The standard InChI is InChI=1S/C13H16ClF3N2O/c1-4-18-12(2,3)11(20)19-10-6-8(13(15,16)17)5-9(14)7-10/h5-7,18H,4H2,1-3H3,(H,19,20). The van der Waals surface area contributed by atoms with Gasteiger partial charge in [-0.05, 0) is 38.6 Å². The highest BCUT2D eigenvalue weighted by Gasteiger charge is 2.32. The Morgan fingerprint density at radius 2 is 1.85 bits per heavy atom. The van der Waals surface area contributed by atoms with E-state index in [0.29, 0.717) is 6.54 Å². The molecule has 112 valence electrons. The van der Waals surface area contributed by atoms with Crippen molar-refractivity contribution in [2.45, 2.75) is 32.5 Å². The predicted molar refractivity (Wildman–Crippen MR) is 72.8 cm³/mol. The van der Waals surface area contributed by atoms with Crippen LogP contribution in [-0.2, 0) is 11.0 Å². The highest BCUT2D eigenvalue weighted by molar-refractivity contribution is 6.31. The summed E-state index contributed by atoms with van der Waals surface area (Å²) in [6, 6.07) is 2.94. The number of rotatable bonds is 4. The molecule has 0 aliphatic heterocycles. The molecular weight excluding hydrogens is 293 g/mol. The molecule has 0 heterocycles. The van der Waals surface area contributed by atoms with E-state index in [0.717, 1.165) is 12.1 Å². The van der Waals surface area contributed by atoms with Crippen molar-refractivity contribution in [3.63, 3.8) is 0 Å². The van der Waals surface area contributed by atoms with Gasteiger partial charge in [-0.15, -0.1) is 0 Å². The van der Waals surface area contributed by atoms with Gasteiger partial charge < -0.3 is 10.6 Å². The average Bonchev–Trinajstić information content (AvgIpc) is 2.26. The van der Waals surface area contributed by atoms with E-state index in [2.05, 4.69) is 10.6 Å². The van der Waals surface area contributed by atoms with Crippen molar-refractivity contribution in [2.75, 3.05) is 11.9 Å². The molecule has 0 spiro atoms. The molecule has 0 saturated carbocycles. The Balaban J connectivity index is 2.99. The molecule has 0 saturated heterocycles. The lowest BCUT2D eigenvalue weighted by Crippen LogP contribution is -2.49. The highest BCUT2D eigenvalue weighted by atomic mass is 35.5. The van der Waals surface area contributed by atoms with Gasteiger partial charge in [0.15, 0.2) is 0 Å². The summed E-state index contributed by atoms with van der Waals surface area (Å²) in [5, 5.41) is 5.28. The molecule has 20 heavy (non-hydrogen) atoms. The number of amides is 1. The Bertz CT molecular complexity index is 501. The Morgan fingerprint density at radius 1 is 1.25 bits per heavy atom. The second-order valence-electron chi connectivity index (χ2n) is 4.84. The van der Waals surface area contributed by atoms with Gasteiger partial charge in [-0.2, -0.15) is 13.2 Å². The minimum atomic E-state index is -4.51. The summed E-state index contributed by atoms with van der Waals surface area (Å²) in [5.74, 6) is -0.435. The molecule has 7 heteroatoms. The summed E-state index contributed by atoms with van der Waals surface area (Å²) in [6.07, 6.45) is -4.51. The van der Waals surface area contributed by atoms with E-state index in [9.17, 15) is 18.0 Å². The molecule has 1 amide bonds. The number of halogens is 4. The first kappa shape index (κ1) is 16.8. The van der Waals surface area contributed by atoms with Gasteiger partial charge >= 0.3 is 6.18 Å². The van der Waals surface area contributed by atoms with Gasteiger partial charge in [0.2, 0.25) is 5.91 Å². The van der Waals surface area contributed by atoms with E-state index in [4.69, 9.17) is 11.6 Å². The van der Waals surface area contributed by atoms with E-state index < -0.39 is 23.2 Å². The Hall–Kier alpha value is -1.27. The first-order valence-electron chi connectivity index (χ1n) is 6.00. The Morgan fingerprint density at radius 3 is 2.35 bits per heavy atom. The van der Waals surface area contributed by atoms with Crippen molar-refractivity contribution in [2.24, 2.45) is 0 Å². The zero-order valence-corrected chi connectivity index (χ0v) is 12.1. The van der Waals surface area contributed by atoms with Crippen LogP contribution in [0.4, 0.5) is 18.9 Å². The molecule has 3 nitrogen and oxygen atoms in total. The van der Waals surface area contributed by atoms with Crippen molar-refractivity contribution in [1.82, 2.24) is 5.32 Å². The number of likely N-dealkylation sites (N-methyl/N-ethyl adjacent to an activating group) is 1. The molecule has 1 aromatic carbocycles. The van der Waals surface area contributed by atoms with Gasteiger partial charge in [0.25, 0.3) is 0 Å². The van der Waals surface area contributed by atoms with Crippen LogP contribution in [0.15, 0.2) is 18.2 Å². The van der Waals surface area contributed by atoms with E-state index in [1.165, 1.54) is 6.07 Å². The lowest BCUT2D eigenvalue weighted by atomic mass is 10.0. The topological polar surface area (TPSA) is 41.1 Å². The lowest BCUT2D eigenvalue weighted by molar-refractivity contribution is -0.137. The van der Waals surface area contributed by atoms with Crippen LogP contribution in [-0.4, -0.2) is 18.0 Å². The van der Waals surface area contributed by atoms with Gasteiger partial charge in [0.1, 0.15) is 0 Å². The number of hydrogen-bond acceptors (Lipinski definition) is 2. The van der Waals surface area contributed by atoms with Crippen LogP contribution >= 0.6 is 11.6 Å². The molecule has 1 rings (SSSR count). The first-order valence-corrected chi connectivity index (χ1v) is 6.38. The normalized spacial score (nSPS) is 12.3. The van der Waals surface area contributed by atoms with Crippen LogP contribution < -0.4 is 10.6 Å². The summed E-state index contributed by atoms with van der Waals surface area (Å²) < 4.78 is 38.0. The molecule has 0 fully saturated rings. The number of benzene rings is 1. The monoisotopic (exact) mass is 308 g/mol. The fourth-order valence-electron chi connectivity index (χ4n) is 1.64. The number of anilines is 1. The second-order valence-corrected chi connectivity index (χ2v) is 5.27. The third-order valence-electron chi connectivity index (χ3n) is 2.67. The quantitative estimate of drug-likeness (QED) is 0.891. The maximum Gasteiger partial charge on any atom is 0.416 e. The van der Waals surface area contributed by atoms with Crippen molar-refractivity contribution in [1.29, 1.82) is 0 Å². The first-order chi connectivity index (χ1) is 9.06. The van der Waals surface area contributed by atoms with Gasteiger partial charge in [-0.25, -0.2) is 0 Å². The van der Waals surface area contributed by atoms with Crippen LogP contribution in [0.25, 0.3) is 0 Å². The fraction of sp³-hybridized carbons (Fsp3) is 0.462. The number of carbonyl (C=O) groups is 1. The van der Waals surface area contributed by atoms with Gasteiger partial charge in [0, 0.05) is 10.7 Å². The maximum atomic E-state index is 12.7. The van der Waals surface area contributed by atoms with Crippen LogP contribution in [0, 0.1) is 0 Å². The third kappa shape index (κ3) is 4.38. The summed E-state index contributed by atoms with van der Waals surface area (Å²) in [7, 11) is 0. The molecule has 0 unspecified atom stereocenters. The number of hydrogen-bond donors (Lipinski definition) is 2. The molecule has 0 aromatic heterocycles. The van der Waals surface area contributed by atoms with Gasteiger partial charge in [-0.3, -0.25) is 4.79 Å². The number of alkyl halides is 3. The SMILES string of the molecule is CCNC(C)(C)C(=O)Nc1cc(Cl)cc(C(F)(F)F)c1. The van der Waals surface area contributed by atoms with E-state index >= 15 is 0 Å². The van der Waals surface area contributed by atoms with Crippen LogP contribution in [0.2, 0.25) is 5.02 Å². The Labute approximate surface area is 120 Å². The molecular formula is C13H16ClF3N2O. The minimum Gasteiger partial charge on any atom is -0.324 e. The molecule has 0 aliphatic rings. The molecule has 0 radical (unpaired) electrons. The molecule has 1 aromatic rings. The maximum absolute atomic E-state index is 12.7. The zero-order chi connectivity index (χ0) is 15.6. The summed E-state index contributed by atoms with van der Waals surface area (Å²) >= 11 is 5.65. The highest BCUT2D eigenvalue weighted by Crippen LogP contribution is 2.33. The smallest absolute Gasteiger partial charge is 0.324 e. The van der Waals surface area contributed by atoms with Gasteiger partial charge in [0.05, 0.1) is 11.1 Å². The van der Waals surface area contributed by atoms with Crippen molar-refractivity contribution in [3.05, 3.63) is 28.8 Å². The number of nitrogens with one attached hydrogen (secondary N) is 2. The molecule has 0 aliphatic carbocycles. The largest absolute Gasteiger partial charge is 0.416 e. The minimum absolute atomic E-state index is 0.0146. The second kappa shape index (κ2) is 6.01. The lowest BCUT2D eigenvalue weighted by Gasteiger charge is -2.24. The van der Waals surface area contributed by atoms with Crippen LogP contribution in [0.1, 0.15) is 26.3 Å². The summed E-state index contributed by atoms with van der Waals surface area (Å²) in [5.41, 5.74) is -1.78. The fourth-order valence-corrected chi connectivity index (χ4v) is 1.87. The van der Waals surface area contributed by atoms with Crippen molar-refractivity contribution >= 4 is 23.2 Å². The van der Waals surface area contributed by atoms with E-state index in [-0.39, 0.29) is 10.7 Å². The zero-order valence-electron chi connectivity index (χ0n) is 11.4. The van der Waals surface area contributed by atoms with Crippen molar-refractivity contribution in [3.8, 4) is 0 Å². The average molecular weight is 309 g/mol. The van der Waals surface area contributed by atoms with Crippen LogP contribution in [0.3, 0.4) is 0 Å². The van der Waals surface area contributed by atoms with Crippen LogP contribution in [0.5, 0.6) is 0 Å². The summed E-state index contributed by atoms with van der Waals surface area (Å²) in [6.45, 7) is 5.67. The number of carbonyl (C=O) groups excluding carboxylic acids is 1. The Kier molecular flexibility index (Phi) is 5.05. The molecule has 0 atom stereocenters. The summed E-state index contributed by atoms with van der Waals surface area (Å²) in [4.78, 5) is 12.0. The predicted octanol–water partition coefficient (Wildman–Crippen LogP) is 3.69. The molecule has 0 bridgehead atoms. The van der Waals surface area contributed by atoms with E-state index in [1.807, 2.05) is 6.92 Å².